The zero-order valence-corrected chi connectivity index (χ0v) is 19.2. The van der Waals surface area contributed by atoms with Crippen LogP contribution in [-0.2, 0) is 0 Å². The Morgan fingerprint density at radius 2 is 0.880 bits per heavy atom. The summed E-state index contributed by atoms with van der Waals surface area (Å²) in [5.41, 5.74) is 0. The minimum Gasteiger partial charge on any atom is -1.00 e. The van der Waals surface area contributed by atoms with Gasteiger partial charge in [-0.05, 0) is 20.3 Å². The molecule has 4 nitrogen and oxygen atoms in total. The Hall–Kier alpha value is 1.00. The third-order valence-corrected chi connectivity index (χ3v) is 4.72. The van der Waals surface area contributed by atoms with Crippen molar-refractivity contribution in [3.8, 4) is 0 Å². The van der Waals surface area contributed by atoms with Crippen LogP contribution in [-0.4, -0.2) is 52.4 Å². The van der Waals surface area contributed by atoms with Gasteiger partial charge in [-0.2, -0.15) is 0 Å². The summed E-state index contributed by atoms with van der Waals surface area (Å²) in [4.78, 5) is 0. The van der Waals surface area contributed by atoms with Crippen LogP contribution in [0.1, 0.15) is 46.0 Å². The Labute approximate surface area is 180 Å². The second kappa shape index (κ2) is 25.0. The average Bonchev–Trinajstić information content (AvgIpc) is 3.24. The minimum atomic E-state index is 0. The first-order valence-corrected chi connectivity index (χ1v) is 9.65. The lowest BCUT2D eigenvalue weighted by molar-refractivity contribution is -0.671. The first kappa shape index (κ1) is 33.6. The number of quaternary nitrogens is 4. The molecule has 0 saturated heterocycles. The molecule has 0 unspecified atom stereocenters. The lowest BCUT2D eigenvalue weighted by atomic mass is 10.2. The molecule has 8 N–H and O–H groups in total. The van der Waals surface area contributed by atoms with Crippen LogP contribution in [0.15, 0.2) is 0 Å². The van der Waals surface area contributed by atoms with Gasteiger partial charge in [0.25, 0.3) is 0 Å². The lowest BCUT2D eigenvalue weighted by Gasteiger charge is -2.02. The molecule has 0 radical (unpaired) electrons. The van der Waals surface area contributed by atoms with E-state index in [1.165, 1.54) is 84.5 Å². The van der Waals surface area contributed by atoms with Gasteiger partial charge in [-0.3, -0.25) is 0 Å². The molecule has 25 heavy (non-hydrogen) atoms. The van der Waals surface area contributed by atoms with Crippen molar-refractivity contribution in [3.05, 3.63) is 0 Å². The third kappa shape index (κ3) is 21.2. The van der Waals surface area contributed by atoms with Crippen LogP contribution in [0.2, 0.25) is 0 Å². The molecule has 2 atom stereocenters. The summed E-state index contributed by atoms with van der Waals surface area (Å²) in [5, 5.41) is 9.95. The molecule has 158 valence electrons. The number of hydrogen-bond acceptors (Lipinski definition) is 0. The zero-order valence-electron chi connectivity index (χ0n) is 16.2. The molecule has 1 aliphatic carbocycles. The fourth-order valence-electron chi connectivity index (χ4n) is 3.11. The summed E-state index contributed by atoms with van der Waals surface area (Å²) in [7, 11) is 0. The maximum absolute atomic E-state index is 2.57. The molecule has 1 saturated carbocycles. The summed E-state index contributed by atoms with van der Waals surface area (Å²) < 4.78 is 0. The second-order valence-electron chi connectivity index (χ2n) is 6.77. The molecule has 1 aliphatic rings. The monoisotopic (exact) mass is 442 g/mol. The quantitative estimate of drug-likeness (QED) is 0.171. The van der Waals surface area contributed by atoms with E-state index in [9.17, 15) is 0 Å². The van der Waals surface area contributed by atoms with Crippen LogP contribution >= 0.6 is 0 Å². The highest BCUT2D eigenvalue weighted by Gasteiger charge is 2.39. The van der Waals surface area contributed by atoms with Crippen LogP contribution in [0, 0.1) is 11.8 Å². The van der Waals surface area contributed by atoms with E-state index in [2.05, 4.69) is 35.1 Å². The summed E-state index contributed by atoms with van der Waals surface area (Å²) in [5.74, 6) is 2.08. The molecule has 0 amide bonds. The fraction of sp³-hybridized carbons (Fsp3) is 1.00. The molecular formula is C17H42Cl4N4. The van der Waals surface area contributed by atoms with Crippen molar-refractivity contribution in [3.63, 3.8) is 0 Å². The predicted octanol–water partition coefficient (Wildman–Crippen LogP) is -14.5. The number of hydrogen-bond donors (Lipinski definition) is 4. The predicted molar refractivity (Wildman–Crippen MR) is 88.1 cm³/mol. The van der Waals surface area contributed by atoms with Crippen LogP contribution < -0.4 is 70.9 Å². The highest BCUT2D eigenvalue weighted by atomic mass is 35.5. The normalized spacial score (nSPS) is 17.5. The highest BCUT2D eigenvalue weighted by molar-refractivity contribution is 4.84. The molecule has 0 spiro atoms. The molecular weight excluding hydrogens is 402 g/mol. The Bertz CT molecular complexity index is 217. The van der Waals surface area contributed by atoms with E-state index in [0.29, 0.717) is 0 Å². The number of rotatable bonds is 16. The third-order valence-electron chi connectivity index (χ3n) is 4.72. The Balaban J connectivity index is -0.000000551. The standard InChI is InChI=1S/C17H38N4.4ClH/c1-3-18-9-5-7-11-20-14-16-13-17(16)15-21-12-8-6-10-19-4-2;;;;/h16-21H,3-15H2,1-2H3;4*1H/t16-,17-;;;;/m1..../s1. The Kier molecular flexibility index (Phi) is 33.6. The SMILES string of the molecule is CC[NH2+]CCCC[NH2+]C[C@H]1C[C@@H]1C[NH2+]CCCC[NH2+]CC.[Cl-].[Cl-].[Cl-].[Cl-]. The van der Waals surface area contributed by atoms with E-state index < -0.39 is 0 Å². The molecule has 1 rings (SSSR count). The number of nitrogens with two attached hydrogens (primary N) is 4. The van der Waals surface area contributed by atoms with Gasteiger partial charge in [0, 0.05) is 37.5 Å². The van der Waals surface area contributed by atoms with Gasteiger partial charge in [0.15, 0.2) is 0 Å². The van der Waals surface area contributed by atoms with E-state index in [4.69, 9.17) is 0 Å². The van der Waals surface area contributed by atoms with Crippen molar-refractivity contribution in [1.29, 1.82) is 0 Å². The topological polar surface area (TPSA) is 66.4 Å². The van der Waals surface area contributed by atoms with Crippen molar-refractivity contribution in [2.75, 3.05) is 52.4 Å². The average molecular weight is 444 g/mol. The van der Waals surface area contributed by atoms with Crippen LogP contribution in [0.3, 0.4) is 0 Å². The lowest BCUT2D eigenvalue weighted by Crippen LogP contribution is -3.00. The molecule has 0 aromatic heterocycles. The molecule has 0 aromatic rings. The summed E-state index contributed by atoms with van der Waals surface area (Å²) >= 11 is 0. The maximum Gasteiger partial charge on any atom is 0.0789 e. The van der Waals surface area contributed by atoms with E-state index >= 15 is 0 Å². The summed E-state index contributed by atoms with van der Waals surface area (Å²) in [6.07, 6.45) is 7.08. The van der Waals surface area contributed by atoms with Gasteiger partial charge in [-0.15, -0.1) is 0 Å². The molecule has 0 heterocycles. The van der Waals surface area contributed by atoms with E-state index in [1.807, 2.05) is 0 Å². The van der Waals surface area contributed by atoms with Crippen LogP contribution in [0.4, 0.5) is 0 Å². The van der Waals surface area contributed by atoms with Gasteiger partial charge in [0.2, 0.25) is 0 Å². The van der Waals surface area contributed by atoms with Gasteiger partial charge >= 0.3 is 0 Å². The van der Waals surface area contributed by atoms with Crippen LogP contribution in [0.25, 0.3) is 0 Å². The van der Waals surface area contributed by atoms with Gasteiger partial charge in [-0.25, -0.2) is 0 Å². The Morgan fingerprint density at radius 1 is 0.560 bits per heavy atom. The van der Waals surface area contributed by atoms with Crippen molar-refractivity contribution >= 4 is 0 Å². The largest absolute Gasteiger partial charge is 1.00 e. The van der Waals surface area contributed by atoms with Gasteiger partial charge in [0.1, 0.15) is 0 Å². The number of unbranched alkanes of at least 4 members (excludes halogenated alkanes) is 2. The number of halogens is 4. The summed E-state index contributed by atoms with van der Waals surface area (Å²) in [6.45, 7) is 15.1. The first-order valence-electron chi connectivity index (χ1n) is 9.65. The van der Waals surface area contributed by atoms with Gasteiger partial charge < -0.3 is 70.9 Å². The van der Waals surface area contributed by atoms with Crippen molar-refractivity contribution < 1.29 is 70.9 Å². The molecule has 8 heteroatoms. The fourth-order valence-corrected chi connectivity index (χ4v) is 3.11. The van der Waals surface area contributed by atoms with E-state index in [-0.39, 0.29) is 49.6 Å². The van der Waals surface area contributed by atoms with Crippen LogP contribution in [0.5, 0.6) is 0 Å². The smallest absolute Gasteiger partial charge is 0.0789 e. The van der Waals surface area contributed by atoms with Crippen molar-refractivity contribution in [2.24, 2.45) is 11.8 Å². The van der Waals surface area contributed by atoms with Crippen molar-refractivity contribution in [1.82, 2.24) is 0 Å². The highest BCUT2D eigenvalue weighted by Crippen LogP contribution is 2.35. The van der Waals surface area contributed by atoms with Gasteiger partial charge in [-0.1, -0.05) is 0 Å². The van der Waals surface area contributed by atoms with E-state index in [1.54, 1.807) is 0 Å². The Morgan fingerprint density at radius 3 is 1.20 bits per heavy atom. The second-order valence-corrected chi connectivity index (χ2v) is 6.77. The zero-order chi connectivity index (χ0) is 15.2. The van der Waals surface area contributed by atoms with Gasteiger partial charge in [0.05, 0.1) is 52.4 Å². The first-order chi connectivity index (χ1) is 10.4. The molecule has 1 fully saturated rings. The van der Waals surface area contributed by atoms with E-state index in [0.717, 1.165) is 11.8 Å². The maximum atomic E-state index is 2.57. The minimum absolute atomic E-state index is 0. The van der Waals surface area contributed by atoms with Crippen molar-refractivity contribution in [2.45, 2.75) is 46.0 Å². The molecule has 0 aromatic carbocycles. The molecule has 0 bridgehead atoms. The molecule has 0 aliphatic heterocycles. The summed E-state index contributed by atoms with van der Waals surface area (Å²) in [6, 6.07) is 0.